The third kappa shape index (κ3) is 3.23. The van der Waals surface area contributed by atoms with Gasteiger partial charge in [-0.25, -0.2) is 4.21 Å². The molecular formula is C9H10BrNO2S. The van der Waals surface area contributed by atoms with Gasteiger partial charge in [0.05, 0.1) is 10.2 Å². The monoisotopic (exact) mass is 275 g/mol. The van der Waals surface area contributed by atoms with Crippen LogP contribution in [-0.4, -0.2) is 15.4 Å². The Bertz CT molecular complexity index is 350. The van der Waals surface area contributed by atoms with Crippen LogP contribution in [0.15, 0.2) is 29.2 Å². The quantitative estimate of drug-likeness (QED) is 0.851. The molecule has 0 aliphatic heterocycles. The summed E-state index contributed by atoms with van der Waals surface area (Å²) < 4.78 is 13.8. The molecule has 1 aromatic carbocycles. The van der Waals surface area contributed by atoms with Crippen LogP contribution in [-0.2, 0) is 15.8 Å². The number of hydrogen-bond acceptors (Lipinski definition) is 2. The van der Waals surface area contributed by atoms with Crippen molar-refractivity contribution in [3.63, 3.8) is 0 Å². The lowest BCUT2D eigenvalue weighted by Gasteiger charge is -2.02. The summed E-state index contributed by atoms with van der Waals surface area (Å²) in [7, 11) is -1.45. The van der Waals surface area contributed by atoms with Gasteiger partial charge in [0, 0.05) is 0 Å². The molecule has 0 saturated carbocycles. The van der Waals surface area contributed by atoms with Gasteiger partial charge in [0.2, 0.25) is 5.91 Å². The summed E-state index contributed by atoms with van der Waals surface area (Å²) in [6.45, 7) is 1.95. The number of rotatable bonds is 3. The highest BCUT2D eigenvalue weighted by atomic mass is 79.9. The molecule has 0 saturated heterocycles. The van der Waals surface area contributed by atoms with E-state index in [-0.39, 0.29) is 11.2 Å². The summed E-state index contributed by atoms with van der Waals surface area (Å²) in [5, 5.41) is 0.157. The van der Waals surface area contributed by atoms with Gasteiger partial charge in [0.15, 0.2) is 11.0 Å². The minimum Gasteiger partial charge on any atom is -0.273 e. The Balaban J connectivity index is 2.70. The third-order valence-corrected chi connectivity index (χ3v) is 3.19. The van der Waals surface area contributed by atoms with Gasteiger partial charge in [-0.2, -0.15) is 0 Å². The molecule has 1 aromatic rings. The van der Waals surface area contributed by atoms with Crippen LogP contribution in [0.2, 0.25) is 0 Å². The van der Waals surface area contributed by atoms with Gasteiger partial charge in [-0.3, -0.25) is 9.52 Å². The maximum Gasteiger partial charge on any atom is 0.242 e. The highest BCUT2D eigenvalue weighted by Gasteiger charge is 2.06. The van der Waals surface area contributed by atoms with Crippen molar-refractivity contribution >= 4 is 32.8 Å². The number of halogens is 1. The molecule has 1 rings (SSSR count). The Labute approximate surface area is 93.6 Å². The van der Waals surface area contributed by atoms with E-state index >= 15 is 0 Å². The van der Waals surface area contributed by atoms with E-state index in [2.05, 4.69) is 20.7 Å². The van der Waals surface area contributed by atoms with Crippen LogP contribution in [0.25, 0.3) is 0 Å². The molecule has 1 unspecified atom stereocenters. The molecule has 76 valence electrons. The van der Waals surface area contributed by atoms with Gasteiger partial charge in [0.1, 0.15) is 0 Å². The van der Waals surface area contributed by atoms with E-state index in [1.165, 1.54) is 0 Å². The first kappa shape index (κ1) is 11.4. The van der Waals surface area contributed by atoms with Crippen molar-refractivity contribution in [2.75, 3.05) is 5.33 Å². The number of carbonyl (C=O) groups is 1. The average molecular weight is 276 g/mol. The van der Waals surface area contributed by atoms with E-state index in [9.17, 15) is 9.00 Å². The topological polar surface area (TPSA) is 46.2 Å². The maximum absolute atomic E-state index is 11.5. The summed E-state index contributed by atoms with van der Waals surface area (Å²) in [5.74, 6) is -0.288. The summed E-state index contributed by atoms with van der Waals surface area (Å²) in [6, 6.07) is 7.18. The van der Waals surface area contributed by atoms with Crippen LogP contribution in [0.3, 0.4) is 0 Å². The number of carbonyl (C=O) groups excluding carboxylic acids is 1. The van der Waals surface area contributed by atoms with Crippen LogP contribution in [0, 0.1) is 6.92 Å². The zero-order chi connectivity index (χ0) is 10.6. The lowest BCUT2D eigenvalue weighted by molar-refractivity contribution is -0.116. The number of aryl methyl sites for hydroxylation is 1. The first-order chi connectivity index (χ1) is 6.63. The summed E-state index contributed by atoms with van der Waals surface area (Å²) >= 11 is 2.98. The third-order valence-electron chi connectivity index (χ3n) is 1.56. The van der Waals surface area contributed by atoms with Crippen LogP contribution >= 0.6 is 15.9 Å². The molecule has 1 N–H and O–H groups in total. The van der Waals surface area contributed by atoms with Crippen molar-refractivity contribution in [1.82, 2.24) is 4.72 Å². The minimum absolute atomic E-state index is 0.157. The fraction of sp³-hybridized carbons (Fsp3) is 0.222. The van der Waals surface area contributed by atoms with Crippen molar-refractivity contribution in [3.05, 3.63) is 29.8 Å². The molecule has 1 atom stereocenters. The van der Waals surface area contributed by atoms with Gasteiger partial charge < -0.3 is 0 Å². The van der Waals surface area contributed by atoms with E-state index in [4.69, 9.17) is 0 Å². The zero-order valence-electron chi connectivity index (χ0n) is 7.62. The molecule has 0 aliphatic carbocycles. The Morgan fingerprint density at radius 2 is 2.00 bits per heavy atom. The van der Waals surface area contributed by atoms with Crippen LogP contribution in [0.1, 0.15) is 5.56 Å². The minimum atomic E-state index is -1.45. The standard InChI is InChI=1S/C9H10BrNO2S/c1-7-2-4-8(5-3-7)14(13)11-9(12)6-10/h2-5H,6H2,1H3,(H,11,12). The molecule has 0 radical (unpaired) electrons. The Hall–Kier alpha value is -0.680. The fourth-order valence-corrected chi connectivity index (χ4v) is 1.96. The van der Waals surface area contributed by atoms with Crippen molar-refractivity contribution in [2.24, 2.45) is 0 Å². The number of nitrogens with one attached hydrogen (secondary N) is 1. The molecule has 0 bridgehead atoms. The second kappa shape index (κ2) is 5.26. The molecule has 0 aliphatic rings. The summed E-state index contributed by atoms with van der Waals surface area (Å²) in [6.07, 6.45) is 0. The highest BCUT2D eigenvalue weighted by Crippen LogP contribution is 2.06. The van der Waals surface area contributed by atoms with E-state index in [1.54, 1.807) is 12.1 Å². The Morgan fingerprint density at radius 3 is 2.50 bits per heavy atom. The Morgan fingerprint density at radius 1 is 1.43 bits per heavy atom. The number of alkyl halides is 1. The fourth-order valence-electron chi connectivity index (χ4n) is 0.851. The predicted molar refractivity (Wildman–Crippen MR) is 59.5 cm³/mol. The zero-order valence-corrected chi connectivity index (χ0v) is 10.0. The first-order valence-electron chi connectivity index (χ1n) is 3.97. The lowest BCUT2D eigenvalue weighted by Crippen LogP contribution is -2.26. The second-order valence-electron chi connectivity index (χ2n) is 2.74. The molecule has 3 nitrogen and oxygen atoms in total. The molecule has 0 heterocycles. The van der Waals surface area contributed by atoms with E-state index < -0.39 is 11.0 Å². The Kier molecular flexibility index (Phi) is 4.28. The van der Waals surface area contributed by atoms with Crippen molar-refractivity contribution in [3.8, 4) is 0 Å². The second-order valence-corrected chi connectivity index (χ2v) is 4.51. The van der Waals surface area contributed by atoms with Crippen molar-refractivity contribution in [1.29, 1.82) is 0 Å². The molecule has 0 fully saturated rings. The lowest BCUT2D eigenvalue weighted by atomic mass is 10.2. The molecule has 1 amide bonds. The van der Waals surface area contributed by atoms with Crippen molar-refractivity contribution in [2.45, 2.75) is 11.8 Å². The highest BCUT2D eigenvalue weighted by molar-refractivity contribution is 9.09. The summed E-state index contributed by atoms with van der Waals surface area (Å²) in [4.78, 5) is 11.5. The average Bonchev–Trinajstić information content (AvgIpc) is 2.18. The van der Waals surface area contributed by atoms with Gasteiger partial charge in [-0.05, 0) is 19.1 Å². The van der Waals surface area contributed by atoms with Gasteiger partial charge >= 0.3 is 0 Å². The maximum atomic E-state index is 11.5. The van der Waals surface area contributed by atoms with E-state index in [0.717, 1.165) is 5.56 Å². The van der Waals surface area contributed by atoms with Crippen LogP contribution < -0.4 is 4.72 Å². The summed E-state index contributed by atoms with van der Waals surface area (Å²) in [5.41, 5.74) is 1.09. The first-order valence-corrected chi connectivity index (χ1v) is 6.24. The number of benzene rings is 1. The largest absolute Gasteiger partial charge is 0.273 e. The van der Waals surface area contributed by atoms with Gasteiger partial charge in [-0.15, -0.1) is 0 Å². The normalized spacial score (nSPS) is 12.1. The van der Waals surface area contributed by atoms with Crippen molar-refractivity contribution < 1.29 is 9.00 Å². The van der Waals surface area contributed by atoms with Crippen LogP contribution in [0.5, 0.6) is 0 Å². The van der Waals surface area contributed by atoms with E-state index in [1.807, 2.05) is 19.1 Å². The smallest absolute Gasteiger partial charge is 0.242 e. The van der Waals surface area contributed by atoms with Gasteiger partial charge in [0.25, 0.3) is 0 Å². The molecule has 0 spiro atoms. The number of hydrogen-bond donors (Lipinski definition) is 1. The molecule has 5 heteroatoms. The molecule has 14 heavy (non-hydrogen) atoms. The SMILES string of the molecule is Cc1ccc(S(=O)NC(=O)CBr)cc1. The van der Waals surface area contributed by atoms with E-state index in [0.29, 0.717) is 4.90 Å². The predicted octanol–water partition coefficient (Wildman–Crippen LogP) is 1.53. The van der Waals surface area contributed by atoms with Gasteiger partial charge in [-0.1, -0.05) is 33.6 Å². The number of amides is 1. The molecule has 0 aromatic heterocycles. The van der Waals surface area contributed by atoms with Crippen LogP contribution in [0.4, 0.5) is 0 Å². The molecular weight excluding hydrogens is 266 g/mol.